The maximum Gasteiger partial charge on any atom is 0.317 e. The highest BCUT2D eigenvalue weighted by Gasteiger charge is 2.28. The number of piperidine rings is 1. The summed E-state index contributed by atoms with van der Waals surface area (Å²) in [6.45, 7) is 3.14. The minimum Gasteiger partial charge on any atom is -0.331 e. The molecule has 1 aliphatic heterocycles. The topological polar surface area (TPSA) is 87.2 Å². The zero-order valence-corrected chi connectivity index (χ0v) is 16.6. The van der Waals surface area contributed by atoms with Crippen LogP contribution < -0.4 is 10.6 Å². The fourth-order valence-corrected chi connectivity index (χ4v) is 3.71. The smallest absolute Gasteiger partial charge is 0.317 e. The molecule has 0 saturated carbocycles. The molecule has 144 valence electrons. The summed E-state index contributed by atoms with van der Waals surface area (Å²) in [6, 6.07) is 7.36. The number of aromatic nitrogens is 2. The molecule has 1 aromatic carbocycles. The third kappa shape index (κ3) is 5.17. The van der Waals surface area contributed by atoms with Crippen LogP contribution in [0.4, 0.5) is 9.93 Å². The van der Waals surface area contributed by atoms with Crippen LogP contribution in [0, 0.1) is 5.92 Å². The predicted octanol–water partition coefficient (Wildman–Crippen LogP) is 3.70. The number of amides is 3. The second-order valence-electron chi connectivity index (χ2n) is 6.46. The van der Waals surface area contributed by atoms with Crippen LogP contribution >= 0.6 is 22.9 Å². The van der Waals surface area contributed by atoms with Gasteiger partial charge in [-0.1, -0.05) is 42.0 Å². The average molecular weight is 408 g/mol. The van der Waals surface area contributed by atoms with Crippen LogP contribution in [0.3, 0.4) is 0 Å². The van der Waals surface area contributed by atoms with Gasteiger partial charge >= 0.3 is 6.03 Å². The van der Waals surface area contributed by atoms with Crippen molar-refractivity contribution in [2.75, 3.05) is 18.4 Å². The third-order valence-electron chi connectivity index (χ3n) is 4.72. The molecule has 3 amide bonds. The molecule has 0 spiro atoms. The molecule has 0 bridgehead atoms. The first kappa shape index (κ1) is 19.6. The standard InChI is InChI=1S/C18H22ClN5O2S/c1-2-15(12-3-5-14(19)6-4-12)21-18(26)24-9-7-13(8-10-24)16(25)22-17-23-20-11-27-17/h3-6,11,13,15H,2,7-10H2,1H3,(H,21,26)(H,22,23,25). The Morgan fingerprint density at radius 2 is 2.00 bits per heavy atom. The second kappa shape index (κ2) is 9.14. The molecule has 1 unspecified atom stereocenters. The first-order chi connectivity index (χ1) is 13.1. The number of hydrogen-bond acceptors (Lipinski definition) is 5. The van der Waals surface area contributed by atoms with E-state index in [1.54, 1.807) is 10.4 Å². The number of hydrogen-bond donors (Lipinski definition) is 2. The minimum absolute atomic E-state index is 0.0561. The van der Waals surface area contributed by atoms with Gasteiger partial charge in [-0.3, -0.25) is 4.79 Å². The summed E-state index contributed by atoms with van der Waals surface area (Å²) in [6.07, 6.45) is 2.06. The SMILES string of the molecule is CCC(NC(=O)N1CCC(C(=O)Nc2nncs2)CC1)c1ccc(Cl)cc1. The van der Waals surface area contributed by atoms with Gasteiger partial charge in [0.2, 0.25) is 11.0 Å². The van der Waals surface area contributed by atoms with Gasteiger partial charge < -0.3 is 15.5 Å². The molecule has 1 atom stereocenters. The lowest BCUT2D eigenvalue weighted by Crippen LogP contribution is -2.47. The normalized spacial score (nSPS) is 16.0. The van der Waals surface area contributed by atoms with Crippen molar-refractivity contribution in [2.45, 2.75) is 32.2 Å². The molecule has 7 nitrogen and oxygen atoms in total. The van der Waals surface area contributed by atoms with Crippen LogP contribution in [0.5, 0.6) is 0 Å². The van der Waals surface area contributed by atoms with Gasteiger partial charge in [-0.05, 0) is 37.0 Å². The van der Waals surface area contributed by atoms with Gasteiger partial charge in [0.05, 0.1) is 6.04 Å². The fraction of sp³-hybridized carbons (Fsp3) is 0.444. The van der Waals surface area contributed by atoms with Gasteiger partial charge in [-0.25, -0.2) is 4.79 Å². The van der Waals surface area contributed by atoms with Crippen molar-refractivity contribution in [1.29, 1.82) is 0 Å². The van der Waals surface area contributed by atoms with Gasteiger partial charge in [-0.15, -0.1) is 10.2 Å². The van der Waals surface area contributed by atoms with E-state index in [0.717, 1.165) is 12.0 Å². The van der Waals surface area contributed by atoms with Crippen LogP contribution in [0.15, 0.2) is 29.8 Å². The molecule has 2 heterocycles. The number of halogens is 1. The Morgan fingerprint density at radius 1 is 1.30 bits per heavy atom. The molecule has 1 saturated heterocycles. The first-order valence-corrected chi connectivity index (χ1v) is 10.2. The van der Waals surface area contributed by atoms with Crippen molar-refractivity contribution in [3.8, 4) is 0 Å². The Balaban J connectivity index is 1.50. The maximum absolute atomic E-state index is 12.6. The molecule has 0 aliphatic carbocycles. The minimum atomic E-state index is -0.115. The largest absolute Gasteiger partial charge is 0.331 e. The van der Waals surface area contributed by atoms with E-state index in [-0.39, 0.29) is 23.9 Å². The molecule has 1 aliphatic rings. The summed E-state index contributed by atoms with van der Waals surface area (Å²) in [4.78, 5) is 26.7. The van der Waals surface area contributed by atoms with Crippen LogP contribution in [0.2, 0.25) is 5.02 Å². The summed E-state index contributed by atoms with van der Waals surface area (Å²) in [7, 11) is 0. The summed E-state index contributed by atoms with van der Waals surface area (Å²) < 4.78 is 0. The van der Waals surface area contributed by atoms with E-state index in [1.165, 1.54) is 11.3 Å². The van der Waals surface area contributed by atoms with E-state index < -0.39 is 0 Å². The quantitative estimate of drug-likeness (QED) is 0.791. The second-order valence-corrected chi connectivity index (χ2v) is 7.73. The molecule has 2 N–H and O–H groups in total. The summed E-state index contributed by atoms with van der Waals surface area (Å²) in [5.41, 5.74) is 2.61. The van der Waals surface area contributed by atoms with Crippen LogP contribution in [0.25, 0.3) is 0 Å². The van der Waals surface area contributed by atoms with Gasteiger partial charge in [0.25, 0.3) is 0 Å². The van der Waals surface area contributed by atoms with Crippen molar-refractivity contribution >= 4 is 40.0 Å². The first-order valence-electron chi connectivity index (χ1n) is 8.94. The summed E-state index contributed by atoms with van der Waals surface area (Å²) in [5, 5.41) is 14.6. The van der Waals surface area contributed by atoms with Crippen molar-refractivity contribution in [3.63, 3.8) is 0 Å². The van der Waals surface area contributed by atoms with Crippen LogP contribution in [0.1, 0.15) is 37.8 Å². The van der Waals surface area contributed by atoms with Crippen molar-refractivity contribution in [3.05, 3.63) is 40.4 Å². The zero-order valence-electron chi connectivity index (χ0n) is 15.0. The summed E-state index contributed by atoms with van der Waals surface area (Å²) >= 11 is 7.23. The Labute approximate surface area is 167 Å². The fourth-order valence-electron chi connectivity index (χ4n) is 3.14. The van der Waals surface area contributed by atoms with E-state index in [2.05, 4.69) is 20.8 Å². The predicted molar refractivity (Wildman–Crippen MR) is 106 cm³/mol. The van der Waals surface area contributed by atoms with Gasteiger partial charge in [-0.2, -0.15) is 0 Å². The molecule has 1 aromatic heterocycles. The highest BCUT2D eigenvalue weighted by molar-refractivity contribution is 7.13. The molecule has 1 fully saturated rings. The van der Waals surface area contributed by atoms with E-state index in [0.29, 0.717) is 36.1 Å². The van der Waals surface area contributed by atoms with Crippen LogP contribution in [-0.2, 0) is 4.79 Å². The Bertz CT molecular complexity index is 761. The molecular formula is C18H22ClN5O2S. The number of nitrogens with zero attached hydrogens (tertiary/aromatic N) is 3. The zero-order chi connectivity index (χ0) is 19.2. The highest BCUT2D eigenvalue weighted by atomic mass is 35.5. The lowest BCUT2D eigenvalue weighted by Gasteiger charge is -2.32. The van der Waals surface area contributed by atoms with Gasteiger partial charge in [0, 0.05) is 24.0 Å². The van der Waals surface area contributed by atoms with E-state index in [4.69, 9.17) is 11.6 Å². The Morgan fingerprint density at radius 3 is 2.59 bits per heavy atom. The van der Waals surface area contributed by atoms with Gasteiger partial charge in [0.15, 0.2) is 0 Å². The molecule has 0 radical (unpaired) electrons. The van der Waals surface area contributed by atoms with Crippen molar-refractivity contribution < 1.29 is 9.59 Å². The molecule has 27 heavy (non-hydrogen) atoms. The molecule has 3 rings (SSSR count). The maximum atomic E-state index is 12.6. The molecule has 9 heteroatoms. The number of carbonyl (C=O) groups is 2. The monoisotopic (exact) mass is 407 g/mol. The number of rotatable bonds is 5. The van der Waals surface area contributed by atoms with Crippen LogP contribution in [-0.4, -0.2) is 40.1 Å². The number of likely N-dealkylation sites (tertiary alicyclic amines) is 1. The van der Waals surface area contributed by atoms with Gasteiger partial charge in [0.1, 0.15) is 5.51 Å². The Hall–Kier alpha value is -2.19. The van der Waals surface area contributed by atoms with Crippen molar-refractivity contribution in [1.82, 2.24) is 20.4 Å². The van der Waals surface area contributed by atoms with E-state index in [1.807, 2.05) is 31.2 Å². The average Bonchev–Trinajstić information content (AvgIpc) is 3.20. The number of benzene rings is 1. The molecule has 2 aromatic rings. The lowest BCUT2D eigenvalue weighted by molar-refractivity contribution is -0.121. The van der Waals surface area contributed by atoms with E-state index in [9.17, 15) is 9.59 Å². The number of anilines is 1. The molecular weight excluding hydrogens is 386 g/mol. The number of carbonyl (C=O) groups excluding carboxylic acids is 2. The highest BCUT2D eigenvalue weighted by Crippen LogP contribution is 2.22. The summed E-state index contributed by atoms with van der Waals surface area (Å²) in [5.74, 6) is -0.171. The van der Waals surface area contributed by atoms with Crippen molar-refractivity contribution in [2.24, 2.45) is 5.92 Å². The van der Waals surface area contributed by atoms with E-state index >= 15 is 0 Å². The lowest BCUT2D eigenvalue weighted by atomic mass is 9.96. The third-order valence-corrected chi connectivity index (χ3v) is 5.58. The Kier molecular flexibility index (Phi) is 6.63. The number of urea groups is 1. The number of nitrogens with one attached hydrogen (secondary N) is 2.